The summed E-state index contributed by atoms with van der Waals surface area (Å²) in [5.74, 6) is -3.39. The van der Waals surface area contributed by atoms with Crippen LogP contribution in [0.2, 0.25) is 25.1 Å². The van der Waals surface area contributed by atoms with Gasteiger partial charge in [-0.2, -0.15) is 5.10 Å². The molecular formula is C25H16Cl5N3O4. The molecule has 0 radical (unpaired) electrons. The summed E-state index contributed by atoms with van der Waals surface area (Å²) in [6, 6.07) is 13.6. The minimum atomic E-state index is -1.38. The van der Waals surface area contributed by atoms with Crippen LogP contribution in [0.1, 0.15) is 32.4 Å². The SMILES string of the molecule is CN/N=C(\C(=O)Nc1cc(Cl)c(Cl)cc1Cl)[C@@H](C(=O)c1ccc(Cl)c(Cl)c1)[C@H]1OC(=O)c2ccccc21. The molecule has 3 aromatic rings. The van der Waals surface area contributed by atoms with Crippen molar-refractivity contribution in [1.82, 2.24) is 5.43 Å². The van der Waals surface area contributed by atoms with E-state index in [1.165, 1.54) is 37.4 Å². The van der Waals surface area contributed by atoms with E-state index in [4.69, 9.17) is 62.7 Å². The lowest BCUT2D eigenvalue weighted by Gasteiger charge is -2.24. The summed E-state index contributed by atoms with van der Waals surface area (Å²) in [5.41, 5.74) is 3.22. The number of anilines is 1. The Labute approximate surface area is 236 Å². The quantitative estimate of drug-likeness (QED) is 0.102. The molecular weight excluding hydrogens is 584 g/mol. The number of amides is 1. The zero-order valence-corrected chi connectivity index (χ0v) is 22.6. The lowest BCUT2D eigenvalue weighted by atomic mass is 9.84. The Hall–Kier alpha value is -2.81. The number of hydrogen-bond donors (Lipinski definition) is 2. The molecule has 2 atom stereocenters. The summed E-state index contributed by atoms with van der Waals surface area (Å²) >= 11 is 30.5. The van der Waals surface area contributed by atoms with Crippen LogP contribution in [0, 0.1) is 5.92 Å². The Morgan fingerprint density at radius 1 is 0.892 bits per heavy atom. The average Bonchev–Trinajstić information content (AvgIpc) is 3.20. The van der Waals surface area contributed by atoms with Crippen LogP contribution in [0.15, 0.2) is 59.7 Å². The molecule has 0 spiro atoms. The largest absolute Gasteiger partial charge is 0.453 e. The van der Waals surface area contributed by atoms with Gasteiger partial charge in [-0.1, -0.05) is 76.2 Å². The Kier molecular flexibility index (Phi) is 8.31. The highest BCUT2D eigenvalue weighted by atomic mass is 35.5. The van der Waals surface area contributed by atoms with Crippen molar-refractivity contribution in [1.29, 1.82) is 0 Å². The number of hydrazone groups is 1. The Balaban J connectivity index is 1.82. The number of nitrogens with zero attached hydrogens (tertiary/aromatic N) is 1. The number of nitrogens with one attached hydrogen (secondary N) is 2. The van der Waals surface area contributed by atoms with Gasteiger partial charge in [-0.25, -0.2) is 4.79 Å². The highest BCUT2D eigenvalue weighted by Crippen LogP contribution is 2.39. The van der Waals surface area contributed by atoms with Crippen molar-refractivity contribution in [2.75, 3.05) is 12.4 Å². The van der Waals surface area contributed by atoms with E-state index >= 15 is 0 Å². The van der Waals surface area contributed by atoms with E-state index in [-0.39, 0.29) is 47.6 Å². The van der Waals surface area contributed by atoms with Crippen molar-refractivity contribution < 1.29 is 19.1 Å². The molecule has 0 aromatic heterocycles. The van der Waals surface area contributed by atoms with Crippen LogP contribution in [0.3, 0.4) is 0 Å². The van der Waals surface area contributed by atoms with Gasteiger partial charge in [0.1, 0.15) is 17.7 Å². The highest BCUT2D eigenvalue weighted by Gasteiger charge is 2.45. The number of carbonyl (C=O) groups excluding carboxylic acids is 3. The number of hydrogen-bond acceptors (Lipinski definition) is 6. The molecule has 0 aliphatic carbocycles. The van der Waals surface area contributed by atoms with Gasteiger partial charge in [-0.05, 0) is 36.4 Å². The first-order valence-corrected chi connectivity index (χ1v) is 12.5. The minimum absolute atomic E-state index is 0.108. The predicted molar refractivity (Wildman–Crippen MR) is 145 cm³/mol. The van der Waals surface area contributed by atoms with E-state index in [1.54, 1.807) is 24.3 Å². The van der Waals surface area contributed by atoms with E-state index in [0.717, 1.165) is 0 Å². The molecule has 3 aromatic carbocycles. The van der Waals surface area contributed by atoms with Gasteiger partial charge < -0.3 is 15.5 Å². The van der Waals surface area contributed by atoms with Crippen LogP contribution in [-0.2, 0) is 9.53 Å². The summed E-state index contributed by atoms with van der Waals surface area (Å²) < 4.78 is 5.60. The molecule has 0 saturated carbocycles. The molecule has 2 N–H and O–H groups in total. The van der Waals surface area contributed by atoms with Crippen molar-refractivity contribution in [3.05, 3.63) is 96.4 Å². The third-order valence-corrected chi connectivity index (χ3v) is 7.30. The maximum Gasteiger partial charge on any atom is 0.339 e. The predicted octanol–water partition coefficient (Wildman–Crippen LogP) is 6.88. The fourth-order valence-corrected chi connectivity index (χ4v) is 4.73. The minimum Gasteiger partial charge on any atom is -0.453 e. The van der Waals surface area contributed by atoms with E-state index in [1.807, 2.05) is 0 Å². The van der Waals surface area contributed by atoms with Gasteiger partial charge in [0, 0.05) is 18.2 Å². The maximum absolute atomic E-state index is 13.9. The smallest absolute Gasteiger partial charge is 0.339 e. The number of carbonyl (C=O) groups is 3. The lowest BCUT2D eigenvalue weighted by molar-refractivity contribution is -0.110. The van der Waals surface area contributed by atoms with Gasteiger partial charge in [0.25, 0.3) is 5.91 Å². The fraction of sp³-hybridized carbons (Fsp3) is 0.120. The standard InChI is InChI=1S/C25H16Cl5N3O4/c1-31-33-21(24(35)32-19-10-17(29)16(28)9-18(19)30)20(22(34)11-6-7-14(26)15(27)8-11)23-12-4-2-3-5-13(12)25(36)37-23/h2-10,20,23,31H,1H3,(H,32,35)/b33-21-/t20-,23-/m0/s1. The normalized spacial score (nSPS) is 15.6. The van der Waals surface area contributed by atoms with Crippen LogP contribution >= 0.6 is 58.0 Å². The number of halogens is 5. The van der Waals surface area contributed by atoms with Gasteiger partial charge >= 0.3 is 5.97 Å². The molecule has 37 heavy (non-hydrogen) atoms. The maximum atomic E-state index is 13.9. The second-order valence-electron chi connectivity index (χ2n) is 7.80. The molecule has 190 valence electrons. The van der Waals surface area contributed by atoms with E-state index in [2.05, 4.69) is 15.8 Å². The molecule has 1 amide bonds. The van der Waals surface area contributed by atoms with E-state index in [9.17, 15) is 14.4 Å². The van der Waals surface area contributed by atoms with Crippen LogP contribution in [0.5, 0.6) is 0 Å². The molecule has 0 bridgehead atoms. The highest BCUT2D eigenvalue weighted by molar-refractivity contribution is 6.49. The average molecular weight is 600 g/mol. The fourth-order valence-electron chi connectivity index (χ4n) is 3.84. The molecule has 1 aliphatic rings. The number of esters is 1. The third kappa shape index (κ3) is 5.56. The number of ether oxygens (including phenoxy) is 1. The van der Waals surface area contributed by atoms with Crippen molar-refractivity contribution in [3.63, 3.8) is 0 Å². The van der Waals surface area contributed by atoms with Crippen molar-refractivity contribution in [3.8, 4) is 0 Å². The molecule has 12 heteroatoms. The van der Waals surface area contributed by atoms with E-state index < -0.39 is 29.7 Å². The number of cyclic esters (lactones) is 1. The van der Waals surface area contributed by atoms with Crippen LogP contribution in [0.4, 0.5) is 5.69 Å². The summed E-state index contributed by atoms with van der Waals surface area (Å²) in [5, 5.41) is 7.53. The first-order valence-electron chi connectivity index (χ1n) is 10.6. The summed E-state index contributed by atoms with van der Waals surface area (Å²) in [6.07, 6.45) is -1.16. The van der Waals surface area contributed by atoms with Gasteiger partial charge in [0.05, 0.1) is 36.4 Å². The molecule has 1 heterocycles. The number of ketones is 1. The molecule has 0 fully saturated rings. The zero-order valence-electron chi connectivity index (χ0n) is 18.8. The molecule has 0 unspecified atom stereocenters. The van der Waals surface area contributed by atoms with Crippen LogP contribution in [-0.4, -0.2) is 30.4 Å². The van der Waals surface area contributed by atoms with Crippen molar-refractivity contribution in [2.24, 2.45) is 11.0 Å². The third-order valence-electron chi connectivity index (χ3n) is 5.53. The lowest BCUT2D eigenvalue weighted by Crippen LogP contribution is -2.39. The van der Waals surface area contributed by atoms with Gasteiger partial charge in [0.2, 0.25) is 0 Å². The second kappa shape index (κ2) is 11.3. The molecule has 1 aliphatic heterocycles. The van der Waals surface area contributed by atoms with Crippen LogP contribution in [0.25, 0.3) is 0 Å². The van der Waals surface area contributed by atoms with Crippen molar-refractivity contribution in [2.45, 2.75) is 6.10 Å². The monoisotopic (exact) mass is 597 g/mol. The number of rotatable bonds is 7. The van der Waals surface area contributed by atoms with Gasteiger partial charge in [0.15, 0.2) is 5.78 Å². The second-order valence-corrected chi connectivity index (χ2v) is 9.84. The topological polar surface area (TPSA) is 96.9 Å². The summed E-state index contributed by atoms with van der Waals surface area (Å²) in [6.45, 7) is 0. The number of Topliss-reactive ketones (excluding diaryl/α,β-unsaturated/α-hetero) is 1. The Morgan fingerprint density at radius 3 is 2.27 bits per heavy atom. The van der Waals surface area contributed by atoms with E-state index in [0.29, 0.717) is 5.56 Å². The Morgan fingerprint density at radius 2 is 1.57 bits per heavy atom. The van der Waals surface area contributed by atoms with Crippen LogP contribution < -0.4 is 10.7 Å². The van der Waals surface area contributed by atoms with Crippen molar-refractivity contribution >= 4 is 87.1 Å². The summed E-state index contributed by atoms with van der Waals surface area (Å²) in [4.78, 5) is 40.1. The zero-order chi connectivity index (χ0) is 26.9. The molecule has 7 nitrogen and oxygen atoms in total. The number of benzene rings is 3. The molecule has 4 rings (SSSR count). The van der Waals surface area contributed by atoms with Gasteiger partial charge in [-0.15, -0.1) is 0 Å². The van der Waals surface area contributed by atoms with Gasteiger partial charge in [-0.3, -0.25) is 9.59 Å². The number of fused-ring (bicyclic) bond motifs is 1. The first kappa shape index (κ1) is 27.2. The molecule has 0 saturated heterocycles. The Bertz CT molecular complexity index is 1460. The first-order chi connectivity index (χ1) is 17.6. The summed E-state index contributed by atoms with van der Waals surface area (Å²) in [7, 11) is 1.45.